The minimum absolute atomic E-state index is 0.00994. The van der Waals surface area contributed by atoms with E-state index >= 15 is 0 Å². The molecule has 2 aromatic rings. The Labute approximate surface area is 116 Å². The van der Waals surface area contributed by atoms with Crippen molar-refractivity contribution in [2.24, 2.45) is 7.05 Å². The number of rotatable bonds is 3. The van der Waals surface area contributed by atoms with Crippen LogP contribution in [0.5, 0.6) is 0 Å². The molecule has 0 aliphatic carbocycles. The Kier molecular flexibility index (Phi) is 3.42. The van der Waals surface area contributed by atoms with Crippen molar-refractivity contribution in [2.45, 2.75) is 18.9 Å². The fourth-order valence-electron chi connectivity index (χ4n) is 2.35. The minimum atomic E-state index is -0.0878. The van der Waals surface area contributed by atoms with Crippen LogP contribution in [0.25, 0.3) is 11.4 Å². The molecule has 0 radical (unpaired) electrons. The fourth-order valence-corrected chi connectivity index (χ4v) is 2.35. The van der Waals surface area contributed by atoms with Crippen LogP contribution in [0.3, 0.4) is 0 Å². The Morgan fingerprint density at radius 1 is 1.50 bits per heavy atom. The number of anilines is 1. The van der Waals surface area contributed by atoms with Crippen molar-refractivity contribution in [2.75, 3.05) is 11.9 Å². The predicted octanol–water partition coefficient (Wildman–Crippen LogP) is 0.568. The third-order valence-electron chi connectivity index (χ3n) is 3.39. The summed E-state index contributed by atoms with van der Waals surface area (Å²) >= 11 is 0. The third-order valence-corrected chi connectivity index (χ3v) is 3.39. The van der Waals surface area contributed by atoms with E-state index in [-0.39, 0.29) is 11.9 Å². The van der Waals surface area contributed by atoms with Crippen molar-refractivity contribution in [1.29, 1.82) is 0 Å². The first-order valence-electron chi connectivity index (χ1n) is 6.61. The molecule has 1 amide bonds. The van der Waals surface area contributed by atoms with E-state index < -0.39 is 0 Å². The molecule has 1 saturated heterocycles. The van der Waals surface area contributed by atoms with Gasteiger partial charge < -0.3 is 10.6 Å². The lowest BCUT2D eigenvalue weighted by atomic mass is 10.1. The molecule has 1 aliphatic heterocycles. The standard InChI is InChI=1S/C13H16N6O/c1-19-12(16-17-18-19)9-4-2-5-10(8-9)15-13(20)11-6-3-7-14-11/h2,4-5,8,11,14H,3,6-7H2,1H3,(H,15,20). The van der Waals surface area contributed by atoms with Crippen LogP contribution in [-0.4, -0.2) is 38.7 Å². The SMILES string of the molecule is Cn1nnnc1-c1cccc(NC(=O)C2CCCN2)c1. The first-order valence-corrected chi connectivity index (χ1v) is 6.61. The zero-order chi connectivity index (χ0) is 13.9. The number of aryl methyl sites for hydroxylation is 1. The first-order chi connectivity index (χ1) is 9.74. The molecule has 7 heteroatoms. The summed E-state index contributed by atoms with van der Waals surface area (Å²) in [6.07, 6.45) is 1.93. The molecular weight excluding hydrogens is 256 g/mol. The van der Waals surface area contributed by atoms with E-state index in [0.717, 1.165) is 30.6 Å². The van der Waals surface area contributed by atoms with E-state index in [4.69, 9.17) is 0 Å². The number of carbonyl (C=O) groups excluding carboxylic acids is 1. The largest absolute Gasteiger partial charge is 0.325 e. The van der Waals surface area contributed by atoms with Gasteiger partial charge in [-0.15, -0.1) is 5.10 Å². The van der Waals surface area contributed by atoms with Crippen LogP contribution in [0.4, 0.5) is 5.69 Å². The number of aromatic nitrogens is 4. The maximum atomic E-state index is 12.1. The molecule has 7 nitrogen and oxygen atoms in total. The van der Waals surface area contributed by atoms with Crippen LogP contribution < -0.4 is 10.6 Å². The van der Waals surface area contributed by atoms with Gasteiger partial charge >= 0.3 is 0 Å². The molecule has 2 N–H and O–H groups in total. The van der Waals surface area contributed by atoms with Crippen LogP contribution in [0.1, 0.15) is 12.8 Å². The van der Waals surface area contributed by atoms with Gasteiger partial charge in [-0.05, 0) is 41.9 Å². The van der Waals surface area contributed by atoms with Crippen molar-refractivity contribution in [3.8, 4) is 11.4 Å². The van der Waals surface area contributed by atoms with E-state index in [0.29, 0.717) is 5.82 Å². The van der Waals surface area contributed by atoms with E-state index in [1.54, 1.807) is 11.7 Å². The summed E-state index contributed by atoms with van der Waals surface area (Å²) in [4.78, 5) is 12.1. The lowest BCUT2D eigenvalue weighted by Crippen LogP contribution is -2.35. The van der Waals surface area contributed by atoms with Gasteiger partial charge in [-0.3, -0.25) is 4.79 Å². The second kappa shape index (κ2) is 5.38. The maximum absolute atomic E-state index is 12.1. The van der Waals surface area contributed by atoms with E-state index in [9.17, 15) is 4.79 Å². The smallest absolute Gasteiger partial charge is 0.241 e. The van der Waals surface area contributed by atoms with Gasteiger partial charge in [0, 0.05) is 18.3 Å². The van der Waals surface area contributed by atoms with Crippen molar-refractivity contribution < 1.29 is 4.79 Å². The molecule has 3 rings (SSSR count). The Balaban J connectivity index is 1.78. The van der Waals surface area contributed by atoms with Gasteiger partial charge in [-0.2, -0.15) is 0 Å². The highest BCUT2D eigenvalue weighted by Crippen LogP contribution is 2.20. The number of amides is 1. The summed E-state index contributed by atoms with van der Waals surface area (Å²) in [6, 6.07) is 7.44. The molecule has 104 valence electrons. The van der Waals surface area contributed by atoms with E-state index in [1.165, 1.54) is 0 Å². The van der Waals surface area contributed by atoms with Gasteiger partial charge in [0.05, 0.1) is 6.04 Å². The van der Waals surface area contributed by atoms with Gasteiger partial charge in [-0.25, -0.2) is 4.68 Å². The third kappa shape index (κ3) is 2.53. The predicted molar refractivity (Wildman–Crippen MR) is 73.9 cm³/mol. The Bertz CT molecular complexity index is 617. The number of benzene rings is 1. The molecular formula is C13H16N6O. The second-order valence-corrected chi connectivity index (χ2v) is 4.85. The average Bonchev–Trinajstić information content (AvgIpc) is 3.10. The molecule has 1 atom stereocenters. The van der Waals surface area contributed by atoms with Gasteiger partial charge in [-0.1, -0.05) is 12.1 Å². The molecule has 0 bridgehead atoms. The van der Waals surface area contributed by atoms with Crippen molar-refractivity contribution in [3.63, 3.8) is 0 Å². The van der Waals surface area contributed by atoms with Crippen molar-refractivity contribution in [1.82, 2.24) is 25.5 Å². The normalized spacial score (nSPS) is 18.1. The monoisotopic (exact) mass is 272 g/mol. The molecule has 0 spiro atoms. The molecule has 1 aromatic carbocycles. The number of hydrogen-bond donors (Lipinski definition) is 2. The number of nitrogens with zero attached hydrogens (tertiary/aromatic N) is 4. The zero-order valence-corrected chi connectivity index (χ0v) is 11.2. The Morgan fingerprint density at radius 2 is 2.40 bits per heavy atom. The number of hydrogen-bond acceptors (Lipinski definition) is 5. The maximum Gasteiger partial charge on any atom is 0.241 e. The molecule has 20 heavy (non-hydrogen) atoms. The van der Waals surface area contributed by atoms with Crippen LogP contribution in [0, 0.1) is 0 Å². The van der Waals surface area contributed by atoms with Crippen LogP contribution >= 0.6 is 0 Å². The average molecular weight is 272 g/mol. The van der Waals surface area contributed by atoms with Crippen LogP contribution in [-0.2, 0) is 11.8 Å². The van der Waals surface area contributed by atoms with E-state index in [2.05, 4.69) is 26.2 Å². The first kappa shape index (κ1) is 12.7. The molecule has 1 aliphatic rings. The summed E-state index contributed by atoms with van der Waals surface area (Å²) in [7, 11) is 1.78. The minimum Gasteiger partial charge on any atom is -0.325 e. The lowest BCUT2D eigenvalue weighted by Gasteiger charge is -2.11. The molecule has 1 fully saturated rings. The molecule has 1 unspecified atom stereocenters. The summed E-state index contributed by atoms with van der Waals surface area (Å²) in [5, 5.41) is 17.5. The highest BCUT2D eigenvalue weighted by atomic mass is 16.2. The van der Waals surface area contributed by atoms with Crippen molar-refractivity contribution in [3.05, 3.63) is 24.3 Å². The Hall–Kier alpha value is -2.28. The number of tetrazole rings is 1. The highest BCUT2D eigenvalue weighted by Gasteiger charge is 2.21. The zero-order valence-electron chi connectivity index (χ0n) is 11.2. The summed E-state index contributed by atoms with van der Waals surface area (Å²) < 4.78 is 1.60. The Morgan fingerprint density at radius 3 is 3.10 bits per heavy atom. The quantitative estimate of drug-likeness (QED) is 0.853. The van der Waals surface area contributed by atoms with Gasteiger partial charge in [0.25, 0.3) is 0 Å². The molecule has 2 heterocycles. The van der Waals surface area contributed by atoms with Crippen LogP contribution in [0.15, 0.2) is 24.3 Å². The lowest BCUT2D eigenvalue weighted by molar-refractivity contribution is -0.117. The summed E-state index contributed by atoms with van der Waals surface area (Å²) in [6.45, 7) is 0.905. The van der Waals surface area contributed by atoms with E-state index in [1.807, 2.05) is 24.3 Å². The topological polar surface area (TPSA) is 84.7 Å². The fraction of sp³-hybridized carbons (Fsp3) is 0.385. The second-order valence-electron chi connectivity index (χ2n) is 4.85. The van der Waals surface area contributed by atoms with Crippen molar-refractivity contribution >= 4 is 11.6 Å². The van der Waals surface area contributed by atoms with Gasteiger partial charge in [0.15, 0.2) is 5.82 Å². The number of nitrogens with one attached hydrogen (secondary N) is 2. The van der Waals surface area contributed by atoms with Crippen LogP contribution in [0.2, 0.25) is 0 Å². The van der Waals surface area contributed by atoms with Gasteiger partial charge in [0.1, 0.15) is 0 Å². The number of carbonyl (C=O) groups is 1. The molecule has 0 saturated carbocycles. The molecule has 1 aromatic heterocycles. The van der Waals surface area contributed by atoms with Gasteiger partial charge in [0.2, 0.25) is 5.91 Å². The summed E-state index contributed by atoms with van der Waals surface area (Å²) in [5.74, 6) is 0.677. The highest BCUT2D eigenvalue weighted by molar-refractivity contribution is 5.95. The summed E-state index contributed by atoms with van der Waals surface area (Å²) in [5.41, 5.74) is 1.62.